The molecule has 98 valence electrons. The van der Waals surface area contributed by atoms with Crippen molar-refractivity contribution in [2.24, 2.45) is 0 Å². The molecule has 4 heteroatoms. The van der Waals surface area contributed by atoms with E-state index in [9.17, 15) is 0 Å². The summed E-state index contributed by atoms with van der Waals surface area (Å²) in [5, 5.41) is 3.44. The lowest BCUT2D eigenvalue weighted by Gasteiger charge is -2.23. The fourth-order valence-electron chi connectivity index (χ4n) is 1.52. The smallest absolute Gasteiger partial charge is 0.0271 e. The van der Waals surface area contributed by atoms with Crippen LogP contribution in [0.1, 0.15) is 25.8 Å². The van der Waals surface area contributed by atoms with Crippen molar-refractivity contribution in [3.63, 3.8) is 0 Å². The maximum Gasteiger partial charge on any atom is 0.0271 e. The first kappa shape index (κ1) is 16.4. The minimum absolute atomic E-state index is 0. The number of nitrogens with one attached hydrogen (secondary N) is 1. The topological polar surface area (TPSA) is 28.2 Å². The van der Waals surface area contributed by atoms with Crippen molar-refractivity contribution in [1.29, 1.82) is 0 Å². The third-order valence-corrected chi connectivity index (χ3v) is 3.06. The Morgan fingerprint density at radius 3 is 2.59 bits per heavy atom. The number of aromatic nitrogens is 1. The van der Waals surface area contributed by atoms with Crippen LogP contribution in [0.25, 0.3) is 0 Å². The van der Waals surface area contributed by atoms with Crippen molar-refractivity contribution < 1.29 is 0 Å². The molecular weight excluding hydrogens is 234 g/mol. The fraction of sp³-hybridized carbons (Fsp3) is 0.615. The summed E-state index contributed by atoms with van der Waals surface area (Å²) in [7, 11) is 2.18. The number of likely N-dealkylation sites (N-methyl/N-ethyl adjacent to an activating group) is 1. The molecule has 1 atom stereocenters. The van der Waals surface area contributed by atoms with Crippen LogP contribution in [-0.2, 0) is 6.54 Å². The number of halogens is 1. The van der Waals surface area contributed by atoms with Gasteiger partial charge in [-0.2, -0.15) is 0 Å². The van der Waals surface area contributed by atoms with Crippen LogP contribution in [0.3, 0.4) is 0 Å². The van der Waals surface area contributed by atoms with Crippen LogP contribution < -0.4 is 5.32 Å². The number of pyridine rings is 1. The molecule has 0 radical (unpaired) electrons. The third kappa shape index (κ3) is 6.61. The summed E-state index contributed by atoms with van der Waals surface area (Å²) >= 11 is 0. The average Bonchev–Trinajstić information content (AvgIpc) is 2.34. The average molecular weight is 258 g/mol. The first-order valence-corrected chi connectivity index (χ1v) is 6.04. The molecule has 0 amide bonds. The Kier molecular flexibility index (Phi) is 9.04. The Morgan fingerprint density at radius 2 is 2.00 bits per heavy atom. The summed E-state index contributed by atoms with van der Waals surface area (Å²) in [6.45, 7) is 7.55. The van der Waals surface area contributed by atoms with Crippen molar-refractivity contribution in [1.82, 2.24) is 15.2 Å². The van der Waals surface area contributed by atoms with Gasteiger partial charge in [-0.05, 0) is 38.1 Å². The van der Waals surface area contributed by atoms with Crippen molar-refractivity contribution in [2.45, 2.75) is 32.9 Å². The molecule has 1 N–H and O–H groups in total. The van der Waals surface area contributed by atoms with Gasteiger partial charge in [-0.1, -0.05) is 6.92 Å². The molecule has 1 rings (SSSR count). The summed E-state index contributed by atoms with van der Waals surface area (Å²) in [5.74, 6) is 0. The maximum absolute atomic E-state index is 4.00. The lowest BCUT2D eigenvalue weighted by Crippen LogP contribution is -2.34. The minimum Gasteiger partial charge on any atom is -0.311 e. The molecule has 0 aliphatic rings. The van der Waals surface area contributed by atoms with Crippen molar-refractivity contribution in [3.05, 3.63) is 30.1 Å². The van der Waals surface area contributed by atoms with Gasteiger partial charge in [-0.15, -0.1) is 12.4 Å². The van der Waals surface area contributed by atoms with Crippen LogP contribution in [0.4, 0.5) is 0 Å². The highest BCUT2D eigenvalue weighted by Crippen LogP contribution is 1.99. The second-order valence-corrected chi connectivity index (χ2v) is 4.27. The molecule has 1 aromatic heterocycles. The number of nitrogens with zero attached hydrogens (tertiary/aromatic N) is 2. The second-order valence-electron chi connectivity index (χ2n) is 4.27. The third-order valence-electron chi connectivity index (χ3n) is 3.06. The van der Waals surface area contributed by atoms with Crippen molar-refractivity contribution in [3.8, 4) is 0 Å². The molecule has 0 aliphatic heterocycles. The van der Waals surface area contributed by atoms with Crippen LogP contribution in [0, 0.1) is 0 Å². The highest BCUT2D eigenvalue weighted by Gasteiger charge is 2.04. The molecule has 0 saturated heterocycles. The lowest BCUT2D eigenvalue weighted by molar-refractivity contribution is 0.251. The second kappa shape index (κ2) is 9.40. The van der Waals surface area contributed by atoms with Crippen molar-refractivity contribution >= 4 is 12.4 Å². The quantitative estimate of drug-likeness (QED) is 0.760. The van der Waals surface area contributed by atoms with Gasteiger partial charge in [-0.25, -0.2) is 0 Å². The van der Waals surface area contributed by atoms with E-state index in [1.54, 1.807) is 0 Å². The summed E-state index contributed by atoms with van der Waals surface area (Å²) < 4.78 is 0. The Hall–Kier alpha value is -0.640. The monoisotopic (exact) mass is 257 g/mol. The Labute approximate surface area is 111 Å². The molecule has 1 heterocycles. The molecule has 3 nitrogen and oxygen atoms in total. The zero-order valence-corrected chi connectivity index (χ0v) is 11.8. The fourth-order valence-corrected chi connectivity index (χ4v) is 1.52. The van der Waals surface area contributed by atoms with E-state index in [-0.39, 0.29) is 12.4 Å². The molecule has 17 heavy (non-hydrogen) atoms. The van der Waals surface area contributed by atoms with Gasteiger partial charge in [0.2, 0.25) is 0 Å². The van der Waals surface area contributed by atoms with E-state index in [1.165, 1.54) is 12.0 Å². The van der Waals surface area contributed by atoms with Gasteiger partial charge in [0, 0.05) is 38.1 Å². The van der Waals surface area contributed by atoms with Gasteiger partial charge < -0.3 is 10.2 Å². The van der Waals surface area contributed by atoms with Gasteiger partial charge in [0.05, 0.1) is 0 Å². The maximum atomic E-state index is 4.00. The number of hydrogen-bond donors (Lipinski definition) is 1. The van der Waals surface area contributed by atoms with E-state index in [4.69, 9.17) is 0 Å². The minimum atomic E-state index is 0. The molecule has 0 bridgehead atoms. The van der Waals surface area contributed by atoms with Gasteiger partial charge in [0.25, 0.3) is 0 Å². The number of rotatable bonds is 7. The van der Waals surface area contributed by atoms with Crippen LogP contribution in [0.5, 0.6) is 0 Å². The van der Waals surface area contributed by atoms with E-state index in [2.05, 4.69) is 36.1 Å². The normalized spacial score (nSPS) is 12.2. The van der Waals surface area contributed by atoms with Gasteiger partial charge in [0.1, 0.15) is 0 Å². The zero-order chi connectivity index (χ0) is 11.8. The van der Waals surface area contributed by atoms with Crippen LogP contribution in [0.15, 0.2) is 24.5 Å². The molecular formula is C13H24ClN3. The van der Waals surface area contributed by atoms with Crippen LogP contribution in [0.2, 0.25) is 0 Å². The van der Waals surface area contributed by atoms with Gasteiger partial charge >= 0.3 is 0 Å². The highest BCUT2D eigenvalue weighted by molar-refractivity contribution is 5.85. The molecule has 0 spiro atoms. The molecule has 0 fully saturated rings. The zero-order valence-electron chi connectivity index (χ0n) is 11.0. The number of hydrogen-bond acceptors (Lipinski definition) is 3. The molecule has 0 aliphatic carbocycles. The largest absolute Gasteiger partial charge is 0.311 e. The predicted molar refractivity (Wildman–Crippen MR) is 75.6 cm³/mol. The lowest BCUT2D eigenvalue weighted by atomic mass is 10.2. The van der Waals surface area contributed by atoms with E-state index in [0.717, 1.165) is 19.6 Å². The Bertz CT molecular complexity index is 279. The highest BCUT2D eigenvalue weighted by atomic mass is 35.5. The first-order valence-electron chi connectivity index (χ1n) is 6.04. The van der Waals surface area contributed by atoms with E-state index >= 15 is 0 Å². The van der Waals surface area contributed by atoms with Crippen LogP contribution >= 0.6 is 12.4 Å². The SMILES string of the molecule is CCC(C)N(C)CCNCc1ccncc1.Cl. The van der Waals surface area contributed by atoms with E-state index < -0.39 is 0 Å². The molecule has 0 aromatic carbocycles. The summed E-state index contributed by atoms with van der Waals surface area (Å²) in [4.78, 5) is 6.39. The summed E-state index contributed by atoms with van der Waals surface area (Å²) in [5.41, 5.74) is 1.29. The predicted octanol–water partition coefficient (Wildman–Crippen LogP) is 2.32. The van der Waals surface area contributed by atoms with Gasteiger partial charge in [0.15, 0.2) is 0 Å². The summed E-state index contributed by atoms with van der Waals surface area (Å²) in [6.07, 6.45) is 4.88. The molecule has 1 unspecified atom stereocenters. The van der Waals surface area contributed by atoms with Crippen molar-refractivity contribution in [2.75, 3.05) is 20.1 Å². The van der Waals surface area contributed by atoms with E-state index in [0.29, 0.717) is 6.04 Å². The molecule has 0 saturated carbocycles. The van der Waals surface area contributed by atoms with E-state index in [1.807, 2.05) is 24.5 Å². The van der Waals surface area contributed by atoms with Crippen LogP contribution in [-0.4, -0.2) is 36.1 Å². The molecule has 1 aromatic rings. The summed E-state index contributed by atoms with van der Waals surface area (Å²) in [6, 6.07) is 4.76. The first-order chi connectivity index (χ1) is 7.74. The Balaban J connectivity index is 0.00000256. The van der Waals surface area contributed by atoms with Gasteiger partial charge in [-0.3, -0.25) is 4.98 Å². The standard InChI is InChI=1S/C13H23N3.ClH/c1-4-12(2)16(3)10-9-15-11-13-5-7-14-8-6-13;/h5-8,12,15H,4,9-11H2,1-3H3;1H. The Morgan fingerprint density at radius 1 is 1.35 bits per heavy atom.